The molecule has 1 saturated carbocycles. The second kappa shape index (κ2) is 12.1. The first-order valence-electron chi connectivity index (χ1n) is 14.5. The number of nitrogens with zero attached hydrogens (tertiary/aromatic N) is 5. The molecule has 1 spiro atoms. The molecule has 1 aliphatic carbocycles. The van der Waals surface area contributed by atoms with Gasteiger partial charge in [-0.15, -0.1) is 0 Å². The van der Waals surface area contributed by atoms with Gasteiger partial charge in [0.05, 0.1) is 13.1 Å². The Morgan fingerprint density at radius 3 is 2.41 bits per heavy atom. The van der Waals surface area contributed by atoms with Gasteiger partial charge in [-0.3, -0.25) is 15.2 Å². The van der Waals surface area contributed by atoms with Crippen LogP contribution in [-0.4, -0.2) is 75.9 Å². The quantitative estimate of drug-likeness (QED) is 0.394. The fourth-order valence-corrected chi connectivity index (χ4v) is 6.87. The molecule has 2 aromatic rings. The van der Waals surface area contributed by atoms with Gasteiger partial charge in [-0.25, -0.2) is 4.98 Å². The number of hydrogen-bond donors (Lipinski definition) is 2. The van der Waals surface area contributed by atoms with Gasteiger partial charge in [-0.2, -0.15) is 0 Å². The lowest BCUT2D eigenvalue weighted by atomic mass is 9.77. The molecular formula is C30H47N7. The van der Waals surface area contributed by atoms with Crippen molar-refractivity contribution in [3.63, 3.8) is 0 Å². The molecule has 0 radical (unpaired) electrons. The fraction of sp³-hybridized carbons (Fsp3) is 0.667. The molecule has 0 atom stereocenters. The molecule has 2 N–H and O–H groups in total. The van der Waals surface area contributed by atoms with Crippen molar-refractivity contribution < 1.29 is 0 Å². The van der Waals surface area contributed by atoms with Gasteiger partial charge in [0.15, 0.2) is 0 Å². The van der Waals surface area contributed by atoms with E-state index in [0.717, 1.165) is 31.5 Å². The summed E-state index contributed by atoms with van der Waals surface area (Å²) in [6, 6.07) is 10.1. The number of aromatic nitrogens is 2. The molecule has 0 unspecified atom stereocenters. The fourth-order valence-electron chi connectivity index (χ4n) is 6.87. The molecule has 0 amide bonds. The number of nitrogens with one attached hydrogen (secondary N) is 2. The van der Waals surface area contributed by atoms with Crippen LogP contribution in [0.1, 0.15) is 68.3 Å². The average molecular weight is 506 g/mol. The number of benzene rings is 1. The number of hydrogen-bond acceptors (Lipinski definition) is 5. The van der Waals surface area contributed by atoms with Gasteiger partial charge in [0.2, 0.25) is 0 Å². The molecule has 37 heavy (non-hydrogen) atoms. The Morgan fingerprint density at radius 2 is 1.73 bits per heavy atom. The Kier molecular flexibility index (Phi) is 8.63. The molecule has 7 heteroatoms. The van der Waals surface area contributed by atoms with Gasteiger partial charge >= 0.3 is 0 Å². The molecule has 1 aromatic heterocycles. The van der Waals surface area contributed by atoms with Crippen LogP contribution in [0.15, 0.2) is 36.7 Å². The van der Waals surface area contributed by atoms with Gasteiger partial charge in [0, 0.05) is 52.2 Å². The van der Waals surface area contributed by atoms with E-state index in [1.54, 1.807) is 0 Å². The Labute approximate surface area is 223 Å². The van der Waals surface area contributed by atoms with Crippen molar-refractivity contribution in [2.45, 2.75) is 77.0 Å². The van der Waals surface area contributed by atoms with Crippen LogP contribution < -0.4 is 5.32 Å². The highest BCUT2D eigenvalue weighted by atomic mass is 15.2. The number of piperidine rings is 1. The maximum atomic E-state index is 8.13. The first kappa shape index (κ1) is 26.4. The van der Waals surface area contributed by atoms with Crippen molar-refractivity contribution in [2.75, 3.05) is 39.8 Å². The molecular weight excluding hydrogens is 458 g/mol. The highest BCUT2D eigenvalue weighted by molar-refractivity contribution is 5.80. The largest absolute Gasteiger partial charge is 0.376 e. The van der Waals surface area contributed by atoms with Crippen LogP contribution in [0.3, 0.4) is 0 Å². The van der Waals surface area contributed by atoms with Gasteiger partial charge in [0.25, 0.3) is 0 Å². The first-order chi connectivity index (χ1) is 18.0. The van der Waals surface area contributed by atoms with E-state index in [1.165, 1.54) is 88.7 Å². The van der Waals surface area contributed by atoms with Crippen molar-refractivity contribution in [1.29, 1.82) is 5.41 Å². The molecule has 2 saturated heterocycles. The summed E-state index contributed by atoms with van der Waals surface area (Å²) in [4.78, 5) is 12.3. The normalized spacial score (nSPS) is 21.2. The van der Waals surface area contributed by atoms with Gasteiger partial charge in [-0.05, 0) is 68.3 Å². The molecule has 202 valence electrons. The van der Waals surface area contributed by atoms with E-state index in [9.17, 15) is 0 Å². The summed E-state index contributed by atoms with van der Waals surface area (Å²) in [5.41, 5.74) is 3.27. The third-order valence-electron chi connectivity index (χ3n) is 9.27. The Bertz CT molecular complexity index is 999. The third kappa shape index (κ3) is 6.81. The van der Waals surface area contributed by atoms with E-state index in [1.807, 2.05) is 26.5 Å². The number of likely N-dealkylation sites (N-methyl/N-ethyl adjacent to an activating group) is 1. The number of amidine groups is 1. The lowest BCUT2D eigenvalue weighted by Gasteiger charge is -2.43. The molecule has 0 bridgehead atoms. The van der Waals surface area contributed by atoms with E-state index >= 15 is 0 Å². The number of likely N-dealkylation sites (tertiary alicyclic amines) is 2. The highest BCUT2D eigenvalue weighted by Gasteiger charge is 2.41. The first-order valence-corrected chi connectivity index (χ1v) is 14.5. The van der Waals surface area contributed by atoms with Crippen molar-refractivity contribution >= 4 is 5.84 Å². The second-order valence-electron chi connectivity index (χ2n) is 11.9. The Morgan fingerprint density at radius 1 is 1.03 bits per heavy atom. The van der Waals surface area contributed by atoms with Crippen LogP contribution in [0.25, 0.3) is 0 Å². The van der Waals surface area contributed by atoms with Gasteiger partial charge < -0.3 is 14.8 Å². The van der Waals surface area contributed by atoms with Crippen molar-refractivity contribution in [3.05, 3.63) is 53.6 Å². The minimum atomic E-state index is 0.526. The summed E-state index contributed by atoms with van der Waals surface area (Å²) < 4.78 is 2.06. The molecule has 3 fully saturated rings. The van der Waals surface area contributed by atoms with Gasteiger partial charge in [-0.1, -0.05) is 43.5 Å². The summed E-state index contributed by atoms with van der Waals surface area (Å²) >= 11 is 0. The second-order valence-corrected chi connectivity index (χ2v) is 11.9. The van der Waals surface area contributed by atoms with Crippen LogP contribution in [0.2, 0.25) is 0 Å². The maximum absolute atomic E-state index is 8.13. The summed E-state index contributed by atoms with van der Waals surface area (Å²) in [7, 11) is 3.85. The summed E-state index contributed by atoms with van der Waals surface area (Å²) in [5, 5.41) is 11.1. The molecule has 5 rings (SSSR count). The number of imidazole rings is 1. The summed E-state index contributed by atoms with van der Waals surface area (Å²) in [6.45, 7) is 8.35. The SMILES string of the molecule is CNC(=N)CN(Cc1ccc(CN2CCC3(CCN(C4CCCCC4)CC3)C2)cc1)Cc1nccn1C. The lowest BCUT2D eigenvalue weighted by Crippen LogP contribution is -2.46. The van der Waals surface area contributed by atoms with Crippen molar-refractivity contribution in [3.8, 4) is 0 Å². The predicted octanol–water partition coefficient (Wildman–Crippen LogP) is 4.24. The van der Waals surface area contributed by atoms with Crippen molar-refractivity contribution in [2.24, 2.45) is 12.5 Å². The zero-order valence-electron chi connectivity index (χ0n) is 23.1. The van der Waals surface area contributed by atoms with E-state index < -0.39 is 0 Å². The van der Waals surface area contributed by atoms with Crippen LogP contribution in [0, 0.1) is 10.8 Å². The van der Waals surface area contributed by atoms with Crippen LogP contribution in [0.5, 0.6) is 0 Å². The van der Waals surface area contributed by atoms with E-state index in [-0.39, 0.29) is 0 Å². The third-order valence-corrected chi connectivity index (χ3v) is 9.27. The van der Waals surface area contributed by atoms with Crippen molar-refractivity contribution in [1.82, 2.24) is 29.6 Å². The monoisotopic (exact) mass is 505 g/mol. The average Bonchev–Trinajstić information content (AvgIpc) is 3.51. The number of aryl methyl sites for hydroxylation is 1. The molecule has 7 nitrogen and oxygen atoms in total. The van der Waals surface area contributed by atoms with E-state index in [2.05, 4.69) is 53.8 Å². The highest BCUT2D eigenvalue weighted by Crippen LogP contribution is 2.42. The zero-order valence-corrected chi connectivity index (χ0v) is 23.1. The minimum absolute atomic E-state index is 0.526. The van der Waals surface area contributed by atoms with Gasteiger partial charge in [0.1, 0.15) is 11.7 Å². The lowest BCUT2D eigenvalue weighted by molar-refractivity contribution is 0.0615. The summed E-state index contributed by atoms with van der Waals surface area (Å²) in [5.74, 6) is 1.55. The van der Waals surface area contributed by atoms with Crippen LogP contribution >= 0.6 is 0 Å². The molecule has 2 aliphatic heterocycles. The minimum Gasteiger partial charge on any atom is -0.376 e. The molecule has 3 aliphatic rings. The zero-order chi connectivity index (χ0) is 25.7. The number of rotatable bonds is 9. The maximum Gasteiger partial charge on any atom is 0.122 e. The summed E-state index contributed by atoms with van der Waals surface area (Å²) in [6.07, 6.45) is 15.2. The Hall–Kier alpha value is -2.22. The standard InChI is InChI=1S/C30H47N7/c1-32-28(31)22-36(23-29-33-15-19-34(29)2)21-26-10-8-25(9-11-26)20-35-16-12-30(24-35)13-17-37(18-14-30)27-6-4-3-5-7-27/h8-11,15,19,27H,3-7,12-14,16-18,20-24H2,1-2H3,(H2,31,32). The Balaban J connectivity index is 1.12. The van der Waals surface area contributed by atoms with E-state index in [4.69, 9.17) is 5.41 Å². The molecule has 1 aromatic carbocycles. The predicted molar refractivity (Wildman–Crippen MR) is 151 cm³/mol. The van der Waals surface area contributed by atoms with E-state index in [0.29, 0.717) is 17.8 Å². The topological polar surface area (TPSA) is 63.4 Å². The smallest absolute Gasteiger partial charge is 0.122 e. The van der Waals surface area contributed by atoms with Crippen LogP contribution in [-0.2, 0) is 26.7 Å². The van der Waals surface area contributed by atoms with Crippen LogP contribution in [0.4, 0.5) is 0 Å². The molecule has 3 heterocycles.